The van der Waals surface area contributed by atoms with Crippen molar-refractivity contribution in [3.8, 4) is 0 Å². The minimum absolute atomic E-state index is 0.0124. The maximum absolute atomic E-state index is 13.3. The number of fused-ring (bicyclic) bond motifs is 1. The predicted octanol–water partition coefficient (Wildman–Crippen LogP) is 1.97. The van der Waals surface area contributed by atoms with E-state index in [0.29, 0.717) is 31.6 Å². The van der Waals surface area contributed by atoms with Crippen LogP contribution in [0, 0.1) is 5.92 Å². The van der Waals surface area contributed by atoms with Gasteiger partial charge < -0.3 is 14.2 Å². The molecule has 0 bridgehead atoms. The molecule has 2 aliphatic heterocycles. The number of likely N-dealkylation sites (tertiary alicyclic amines) is 1. The lowest BCUT2D eigenvalue weighted by Gasteiger charge is -2.34. The molecular formula is C21H25N3O5S. The van der Waals surface area contributed by atoms with Gasteiger partial charge in [0.2, 0.25) is 15.9 Å². The van der Waals surface area contributed by atoms with Gasteiger partial charge in [-0.15, -0.1) is 0 Å². The molecule has 0 aliphatic carbocycles. The third kappa shape index (κ3) is 3.63. The van der Waals surface area contributed by atoms with E-state index in [0.717, 1.165) is 24.1 Å². The van der Waals surface area contributed by atoms with Gasteiger partial charge in [0.05, 0.1) is 22.6 Å². The molecule has 2 amide bonds. The van der Waals surface area contributed by atoms with Crippen LogP contribution >= 0.6 is 0 Å². The molecule has 160 valence electrons. The van der Waals surface area contributed by atoms with Crippen LogP contribution in [-0.4, -0.2) is 63.2 Å². The molecule has 0 radical (unpaired) electrons. The maximum Gasteiger partial charge on any atom is 0.257 e. The fraction of sp³-hybridized carbons (Fsp3) is 0.429. The molecule has 3 heterocycles. The van der Waals surface area contributed by atoms with Gasteiger partial charge in [0.15, 0.2) is 0 Å². The third-order valence-electron chi connectivity index (χ3n) is 5.82. The Morgan fingerprint density at radius 3 is 2.67 bits per heavy atom. The molecule has 1 aromatic heterocycles. The Labute approximate surface area is 176 Å². The highest BCUT2D eigenvalue weighted by Crippen LogP contribution is 2.33. The van der Waals surface area contributed by atoms with E-state index in [-0.39, 0.29) is 22.6 Å². The number of carbonyl (C=O) groups is 2. The summed E-state index contributed by atoms with van der Waals surface area (Å²) in [5.41, 5.74) is 2.11. The number of nitrogens with zero attached hydrogens (tertiary/aromatic N) is 3. The Morgan fingerprint density at radius 1 is 1.17 bits per heavy atom. The van der Waals surface area contributed by atoms with Gasteiger partial charge in [0.1, 0.15) is 6.26 Å². The summed E-state index contributed by atoms with van der Waals surface area (Å²) >= 11 is 0. The molecule has 2 aromatic rings. The van der Waals surface area contributed by atoms with Crippen LogP contribution in [0.2, 0.25) is 0 Å². The molecule has 1 saturated heterocycles. The highest BCUT2D eigenvalue weighted by Gasteiger charge is 2.35. The SMILES string of the molecule is CN(C)S(=O)(=O)c1ccc2c(c1)CCN2C(=O)C1CCCN(C(=O)c2ccoc2)C1. The molecule has 0 spiro atoms. The molecule has 0 saturated carbocycles. The smallest absolute Gasteiger partial charge is 0.257 e. The largest absolute Gasteiger partial charge is 0.472 e. The summed E-state index contributed by atoms with van der Waals surface area (Å²) in [4.78, 5) is 29.5. The number of benzene rings is 1. The summed E-state index contributed by atoms with van der Waals surface area (Å²) in [6.07, 6.45) is 4.99. The Kier molecular flexibility index (Phi) is 5.42. The van der Waals surface area contributed by atoms with Gasteiger partial charge in [0, 0.05) is 39.4 Å². The van der Waals surface area contributed by atoms with E-state index >= 15 is 0 Å². The fourth-order valence-electron chi connectivity index (χ4n) is 4.13. The quantitative estimate of drug-likeness (QED) is 0.738. The van der Waals surface area contributed by atoms with Gasteiger partial charge in [-0.1, -0.05) is 0 Å². The number of sulfonamides is 1. The van der Waals surface area contributed by atoms with Crippen molar-refractivity contribution in [3.63, 3.8) is 0 Å². The molecule has 8 nitrogen and oxygen atoms in total. The monoisotopic (exact) mass is 431 g/mol. The van der Waals surface area contributed by atoms with Crippen molar-refractivity contribution in [2.45, 2.75) is 24.2 Å². The van der Waals surface area contributed by atoms with E-state index in [1.165, 1.54) is 30.9 Å². The Bertz CT molecular complexity index is 1060. The lowest BCUT2D eigenvalue weighted by atomic mass is 9.96. The van der Waals surface area contributed by atoms with Gasteiger partial charge in [-0.3, -0.25) is 9.59 Å². The first-order valence-corrected chi connectivity index (χ1v) is 11.4. The summed E-state index contributed by atoms with van der Waals surface area (Å²) in [6, 6.07) is 6.56. The molecule has 1 unspecified atom stereocenters. The Hall–Kier alpha value is -2.65. The Balaban J connectivity index is 1.51. The normalized spacial score (nSPS) is 19.2. The zero-order valence-electron chi connectivity index (χ0n) is 17.1. The lowest BCUT2D eigenvalue weighted by Crippen LogP contribution is -2.46. The van der Waals surface area contributed by atoms with Crippen LogP contribution in [0.5, 0.6) is 0 Å². The summed E-state index contributed by atoms with van der Waals surface area (Å²) in [6.45, 7) is 1.52. The number of piperidine rings is 1. The van der Waals surface area contributed by atoms with Gasteiger partial charge in [-0.25, -0.2) is 12.7 Å². The molecule has 1 aromatic carbocycles. The van der Waals surface area contributed by atoms with E-state index in [2.05, 4.69) is 0 Å². The van der Waals surface area contributed by atoms with Crippen molar-refractivity contribution >= 4 is 27.5 Å². The number of furan rings is 1. The Morgan fingerprint density at radius 2 is 1.97 bits per heavy atom. The van der Waals surface area contributed by atoms with Crippen molar-refractivity contribution < 1.29 is 22.4 Å². The second-order valence-corrected chi connectivity index (χ2v) is 10.1. The summed E-state index contributed by atoms with van der Waals surface area (Å²) < 4.78 is 31.0. The fourth-order valence-corrected chi connectivity index (χ4v) is 5.08. The van der Waals surface area contributed by atoms with E-state index in [1.54, 1.807) is 34.1 Å². The topological polar surface area (TPSA) is 91.1 Å². The summed E-state index contributed by atoms with van der Waals surface area (Å²) in [5, 5.41) is 0. The molecule has 4 rings (SSSR count). The van der Waals surface area contributed by atoms with Crippen molar-refractivity contribution in [1.29, 1.82) is 0 Å². The first-order valence-electron chi connectivity index (χ1n) is 9.97. The van der Waals surface area contributed by atoms with Crippen molar-refractivity contribution in [2.24, 2.45) is 5.92 Å². The van der Waals surface area contributed by atoms with E-state index in [1.807, 2.05) is 0 Å². The zero-order chi connectivity index (χ0) is 21.5. The van der Waals surface area contributed by atoms with Crippen LogP contribution in [0.1, 0.15) is 28.8 Å². The molecule has 2 aliphatic rings. The molecule has 1 fully saturated rings. The van der Waals surface area contributed by atoms with Gasteiger partial charge in [0.25, 0.3) is 5.91 Å². The number of carbonyl (C=O) groups excluding carboxylic acids is 2. The minimum atomic E-state index is -3.52. The van der Waals surface area contributed by atoms with Gasteiger partial charge >= 0.3 is 0 Å². The second kappa shape index (κ2) is 7.88. The number of rotatable bonds is 4. The zero-order valence-corrected chi connectivity index (χ0v) is 17.9. The first-order chi connectivity index (χ1) is 14.3. The number of hydrogen-bond donors (Lipinski definition) is 0. The van der Waals surface area contributed by atoms with Crippen LogP contribution in [0.25, 0.3) is 0 Å². The van der Waals surface area contributed by atoms with Crippen LogP contribution in [0.4, 0.5) is 5.69 Å². The summed E-state index contributed by atoms with van der Waals surface area (Å²) in [7, 11) is -0.521. The van der Waals surface area contributed by atoms with Crippen LogP contribution in [0.15, 0.2) is 46.1 Å². The van der Waals surface area contributed by atoms with Crippen molar-refractivity contribution in [1.82, 2.24) is 9.21 Å². The number of amides is 2. The van der Waals surface area contributed by atoms with Gasteiger partial charge in [-0.2, -0.15) is 0 Å². The highest BCUT2D eigenvalue weighted by molar-refractivity contribution is 7.89. The predicted molar refractivity (Wildman–Crippen MR) is 111 cm³/mol. The van der Waals surface area contributed by atoms with Gasteiger partial charge in [-0.05, 0) is 49.1 Å². The maximum atomic E-state index is 13.3. The molecular weight excluding hydrogens is 406 g/mol. The van der Waals surface area contributed by atoms with E-state index in [9.17, 15) is 18.0 Å². The third-order valence-corrected chi connectivity index (χ3v) is 7.63. The summed E-state index contributed by atoms with van der Waals surface area (Å²) in [5.74, 6) is -0.408. The molecule has 0 N–H and O–H groups in total. The van der Waals surface area contributed by atoms with E-state index < -0.39 is 10.0 Å². The highest BCUT2D eigenvalue weighted by atomic mass is 32.2. The average molecular weight is 432 g/mol. The lowest BCUT2D eigenvalue weighted by molar-refractivity contribution is -0.123. The van der Waals surface area contributed by atoms with Crippen LogP contribution in [-0.2, 0) is 21.2 Å². The average Bonchev–Trinajstić information content (AvgIpc) is 3.42. The first kappa shape index (κ1) is 20.6. The van der Waals surface area contributed by atoms with E-state index in [4.69, 9.17) is 4.42 Å². The second-order valence-electron chi connectivity index (χ2n) is 7.92. The van der Waals surface area contributed by atoms with Crippen molar-refractivity contribution in [2.75, 3.05) is 38.6 Å². The molecule has 30 heavy (non-hydrogen) atoms. The van der Waals surface area contributed by atoms with Crippen LogP contribution < -0.4 is 4.90 Å². The molecule has 9 heteroatoms. The van der Waals surface area contributed by atoms with Crippen LogP contribution in [0.3, 0.4) is 0 Å². The standard InChI is InChI=1S/C21H25N3O5S/c1-22(2)30(27,28)18-5-6-19-15(12-18)7-10-24(19)21(26)16-4-3-9-23(13-16)20(25)17-8-11-29-14-17/h5-6,8,11-12,14,16H,3-4,7,9-10,13H2,1-2H3. The molecule has 1 atom stereocenters. The minimum Gasteiger partial charge on any atom is -0.472 e. The number of anilines is 1. The number of hydrogen-bond acceptors (Lipinski definition) is 5. The van der Waals surface area contributed by atoms with Crippen molar-refractivity contribution in [3.05, 3.63) is 47.9 Å².